The van der Waals surface area contributed by atoms with Gasteiger partial charge in [0.15, 0.2) is 0 Å². The lowest BCUT2D eigenvalue weighted by atomic mass is 9.97. The SMILES string of the molecule is CC(C)(C1CC1)n1c(CCCl)nc2c(C#N)cccc21. The molecule has 0 N–H and O–H groups in total. The van der Waals surface area contributed by atoms with Crippen molar-refractivity contribution in [3.63, 3.8) is 0 Å². The molecule has 0 spiro atoms. The number of halogens is 1. The minimum Gasteiger partial charge on any atom is -0.322 e. The van der Waals surface area contributed by atoms with E-state index in [1.807, 2.05) is 12.1 Å². The number of benzene rings is 1. The third kappa shape index (κ3) is 1.99. The molecule has 0 amide bonds. The van der Waals surface area contributed by atoms with Crippen molar-refractivity contribution in [2.24, 2.45) is 5.92 Å². The molecule has 1 aliphatic rings. The van der Waals surface area contributed by atoms with Crippen LogP contribution in [-0.2, 0) is 12.0 Å². The fourth-order valence-corrected chi connectivity index (χ4v) is 3.27. The predicted octanol–water partition coefficient (Wildman–Crippen LogP) is 3.83. The standard InChI is InChI=1S/C16H18ClN3/c1-16(2,12-6-7-12)20-13-5-3-4-11(10-18)15(13)19-14(20)8-9-17/h3-5,12H,6-9H2,1-2H3. The largest absolute Gasteiger partial charge is 0.322 e. The van der Waals surface area contributed by atoms with Gasteiger partial charge in [-0.3, -0.25) is 0 Å². The minimum absolute atomic E-state index is 0.0320. The molecule has 0 aliphatic heterocycles. The molecule has 1 aliphatic carbocycles. The summed E-state index contributed by atoms with van der Waals surface area (Å²) in [6.45, 7) is 4.53. The van der Waals surface area contributed by atoms with Crippen LogP contribution in [0.5, 0.6) is 0 Å². The van der Waals surface area contributed by atoms with Crippen molar-refractivity contribution in [2.75, 3.05) is 5.88 Å². The first-order valence-corrected chi connectivity index (χ1v) is 7.60. The Balaban J connectivity index is 2.27. The lowest BCUT2D eigenvalue weighted by molar-refractivity contribution is 0.305. The van der Waals surface area contributed by atoms with Gasteiger partial charge >= 0.3 is 0 Å². The van der Waals surface area contributed by atoms with Gasteiger partial charge in [-0.25, -0.2) is 4.98 Å². The van der Waals surface area contributed by atoms with Gasteiger partial charge in [0.1, 0.15) is 17.4 Å². The number of para-hydroxylation sites is 1. The summed E-state index contributed by atoms with van der Waals surface area (Å²) in [7, 11) is 0. The van der Waals surface area contributed by atoms with Crippen LogP contribution in [0.2, 0.25) is 0 Å². The first-order chi connectivity index (χ1) is 9.59. The van der Waals surface area contributed by atoms with Gasteiger partial charge in [0.2, 0.25) is 0 Å². The van der Waals surface area contributed by atoms with Crippen LogP contribution in [-0.4, -0.2) is 15.4 Å². The maximum atomic E-state index is 9.26. The maximum Gasteiger partial charge on any atom is 0.111 e. The number of alkyl halides is 1. The van der Waals surface area contributed by atoms with E-state index in [0.29, 0.717) is 17.4 Å². The van der Waals surface area contributed by atoms with Crippen LogP contribution >= 0.6 is 11.6 Å². The molecule has 0 saturated heterocycles. The molecule has 1 fully saturated rings. The Morgan fingerprint density at radius 1 is 1.45 bits per heavy atom. The summed E-state index contributed by atoms with van der Waals surface area (Å²) < 4.78 is 2.31. The molecule has 2 aromatic rings. The smallest absolute Gasteiger partial charge is 0.111 e. The molecule has 4 heteroatoms. The number of aromatic nitrogens is 2. The average Bonchev–Trinajstić information content (AvgIpc) is 3.20. The van der Waals surface area contributed by atoms with E-state index in [4.69, 9.17) is 16.6 Å². The monoisotopic (exact) mass is 287 g/mol. The van der Waals surface area contributed by atoms with Gasteiger partial charge in [0.25, 0.3) is 0 Å². The predicted molar refractivity (Wildman–Crippen MR) is 80.9 cm³/mol. The third-order valence-electron chi connectivity index (χ3n) is 4.35. The van der Waals surface area contributed by atoms with Gasteiger partial charge in [-0.2, -0.15) is 5.26 Å². The van der Waals surface area contributed by atoms with Crippen molar-refractivity contribution in [3.05, 3.63) is 29.6 Å². The summed E-state index contributed by atoms with van der Waals surface area (Å²) in [5.41, 5.74) is 2.54. The average molecular weight is 288 g/mol. The molecule has 0 bridgehead atoms. The lowest BCUT2D eigenvalue weighted by Gasteiger charge is -2.29. The Morgan fingerprint density at radius 3 is 2.80 bits per heavy atom. The molecule has 3 rings (SSSR count). The van der Waals surface area contributed by atoms with E-state index in [1.165, 1.54) is 12.8 Å². The van der Waals surface area contributed by atoms with Gasteiger partial charge in [-0.05, 0) is 44.7 Å². The Morgan fingerprint density at radius 2 is 2.20 bits per heavy atom. The van der Waals surface area contributed by atoms with Crippen LogP contribution in [0.1, 0.15) is 38.1 Å². The van der Waals surface area contributed by atoms with E-state index in [1.54, 1.807) is 0 Å². The Labute approximate surface area is 124 Å². The number of nitriles is 1. The Kier molecular flexibility index (Phi) is 3.22. The van der Waals surface area contributed by atoms with Gasteiger partial charge in [0.05, 0.1) is 11.1 Å². The van der Waals surface area contributed by atoms with Crippen LogP contribution in [0.4, 0.5) is 0 Å². The molecule has 104 valence electrons. The topological polar surface area (TPSA) is 41.6 Å². The van der Waals surface area contributed by atoms with Crippen molar-refractivity contribution < 1.29 is 0 Å². The van der Waals surface area contributed by atoms with Gasteiger partial charge in [-0.1, -0.05) is 6.07 Å². The van der Waals surface area contributed by atoms with E-state index in [-0.39, 0.29) is 5.54 Å². The van der Waals surface area contributed by atoms with Gasteiger partial charge < -0.3 is 4.57 Å². The van der Waals surface area contributed by atoms with E-state index in [0.717, 1.165) is 23.3 Å². The molecule has 3 nitrogen and oxygen atoms in total. The summed E-state index contributed by atoms with van der Waals surface area (Å²) in [5.74, 6) is 2.24. The summed E-state index contributed by atoms with van der Waals surface area (Å²) in [4.78, 5) is 4.71. The number of imidazole rings is 1. The molecule has 1 aromatic heterocycles. The zero-order valence-electron chi connectivity index (χ0n) is 11.9. The van der Waals surface area contributed by atoms with Crippen molar-refractivity contribution in [3.8, 4) is 6.07 Å². The lowest BCUT2D eigenvalue weighted by Crippen LogP contribution is -2.30. The van der Waals surface area contributed by atoms with Crippen molar-refractivity contribution >= 4 is 22.6 Å². The van der Waals surface area contributed by atoms with Crippen molar-refractivity contribution in [1.29, 1.82) is 5.26 Å². The van der Waals surface area contributed by atoms with E-state index < -0.39 is 0 Å². The first-order valence-electron chi connectivity index (χ1n) is 7.06. The quantitative estimate of drug-likeness (QED) is 0.802. The second-order valence-corrected chi connectivity index (χ2v) is 6.39. The van der Waals surface area contributed by atoms with Crippen LogP contribution < -0.4 is 0 Å². The van der Waals surface area contributed by atoms with Crippen LogP contribution in [0.3, 0.4) is 0 Å². The first kappa shape index (κ1) is 13.5. The van der Waals surface area contributed by atoms with Crippen molar-refractivity contribution in [1.82, 2.24) is 9.55 Å². The number of nitrogens with zero attached hydrogens (tertiary/aromatic N) is 3. The highest BCUT2D eigenvalue weighted by Gasteiger charge is 2.41. The fourth-order valence-electron chi connectivity index (χ4n) is 3.11. The van der Waals surface area contributed by atoms with Crippen LogP contribution in [0, 0.1) is 17.2 Å². The zero-order chi connectivity index (χ0) is 14.3. The molecular formula is C16H18ClN3. The summed E-state index contributed by atoms with van der Waals surface area (Å²) in [5, 5.41) is 9.26. The highest BCUT2D eigenvalue weighted by atomic mass is 35.5. The molecule has 1 heterocycles. The number of rotatable bonds is 4. The summed E-state index contributed by atoms with van der Waals surface area (Å²) in [6, 6.07) is 8.07. The molecule has 0 radical (unpaired) electrons. The molecule has 1 saturated carbocycles. The third-order valence-corrected chi connectivity index (χ3v) is 4.53. The zero-order valence-corrected chi connectivity index (χ0v) is 12.6. The highest BCUT2D eigenvalue weighted by Crippen LogP contribution is 2.45. The van der Waals surface area contributed by atoms with E-state index in [2.05, 4.69) is 30.6 Å². The summed E-state index contributed by atoms with van der Waals surface area (Å²) >= 11 is 5.94. The number of aryl methyl sites for hydroxylation is 1. The molecular weight excluding hydrogens is 270 g/mol. The minimum atomic E-state index is 0.0320. The Hall–Kier alpha value is -1.53. The van der Waals surface area contributed by atoms with Crippen LogP contribution in [0.15, 0.2) is 18.2 Å². The molecule has 1 aromatic carbocycles. The number of fused-ring (bicyclic) bond motifs is 1. The van der Waals surface area contributed by atoms with Gasteiger partial charge in [-0.15, -0.1) is 11.6 Å². The summed E-state index contributed by atoms with van der Waals surface area (Å²) in [6.07, 6.45) is 3.27. The van der Waals surface area contributed by atoms with Crippen LogP contribution in [0.25, 0.3) is 11.0 Å². The normalized spacial score (nSPS) is 15.5. The molecule has 0 atom stereocenters. The van der Waals surface area contributed by atoms with Crippen molar-refractivity contribution in [2.45, 2.75) is 38.6 Å². The highest BCUT2D eigenvalue weighted by molar-refractivity contribution is 6.17. The maximum absolute atomic E-state index is 9.26. The Bertz CT molecular complexity index is 690. The fraction of sp³-hybridized carbons (Fsp3) is 0.500. The second-order valence-electron chi connectivity index (χ2n) is 6.02. The molecule has 20 heavy (non-hydrogen) atoms. The number of hydrogen-bond acceptors (Lipinski definition) is 2. The second kappa shape index (κ2) is 4.79. The van der Waals surface area contributed by atoms with E-state index >= 15 is 0 Å². The van der Waals surface area contributed by atoms with E-state index in [9.17, 15) is 5.26 Å². The molecule has 0 unspecified atom stereocenters. The number of hydrogen-bond donors (Lipinski definition) is 0. The van der Waals surface area contributed by atoms with Gasteiger partial charge in [0, 0.05) is 17.8 Å².